The Labute approximate surface area is 172 Å². The van der Waals surface area contributed by atoms with Crippen molar-refractivity contribution in [1.29, 1.82) is 0 Å². The molecule has 3 atom stereocenters. The number of hydrogen-bond acceptors (Lipinski definition) is 3. The number of carboxylic acid groups (broad SMARTS) is 1. The zero-order valence-electron chi connectivity index (χ0n) is 18.7. The van der Waals surface area contributed by atoms with Crippen molar-refractivity contribution in [3.8, 4) is 0 Å². The molecule has 1 aliphatic carbocycles. The fraction of sp³-hybridized carbons (Fsp3) is 0.875. The average molecular weight is 397 g/mol. The van der Waals surface area contributed by atoms with E-state index < -0.39 is 11.6 Å². The van der Waals surface area contributed by atoms with Gasteiger partial charge in [0.25, 0.3) is 0 Å². The summed E-state index contributed by atoms with van der Waals surface area (Å²) < 4.78 is 0. The van der Waals surface area contributed by atoms with Crippen molar-refractivity contribution in [2.75, 3.05) is 0 Å². The summed E-state index contributed by atoms with van der Waals surface area (Å²) in [4.78, 5) is 10.6. The van der Waals surface area contributed by atoms with E-state index in [0.29, 0.717) is 6.42 Å². The molecule has 0 bridgehead atoms. The molecule has 1 saturated carbocycles. The molecule has 0 amide bonds. The van der Waals surface area contributed by atoms with Gasteiger partial charge in [0.1, 0.15) is 0 Å². The molecule has 164 valence electrons. The van der Waals surface area contributed by atoms with Gasteiger partial charge >= 0.3 is 5.97 Å². The molecular weight excluding hydrogens is 352 g/mol. The minimum Gasteiger partial charge on any atom is -0.481 e. The van der Waals surface area contributed by atoms with E-state index in [1.54, 1.807) is 0 Å². The lowest BCUT2D eigenvalue weighted by Crippen LogP contribution is -2.44. The Morgan fingerprint density at radius 2 is 1.82 bits per heavy atom. The van der Waals surface area contributed by atoms with Crippen LogP contribution in [0.25, 0.3) is 0 Å². The van der Waals surface area contributed by atoms with Crippen LogP contribution in [0.5, 0.6) is 0 Å². The molecule has 0 aromatic rings. The lowest BCUT2D eigenvalue weighted by atomic mass is 9.68. The van der Waals surface area contributed by atoms with Crippen molar-refractivity contribution in [1.82, 2.24) is 0 Å². The minimum atomic E-state index is -0.721. The SMILES string of the molecule is CCCCC(C)(C)C(O)(CC)CC=C1CC[C@@H](O)[C@@H]1CCCCCCC(=O)O. The molecule has 0 aliphatic heterocycles. The topological polar surface area (TPSA) is 77.8 Å². The summed E-state index contributed by atoms with van der Waals surface area (Å²) in [5.41, 5.74) is 0.492. The number of carbonyl (C=O) groups is 1. The highest BCUT2D eigenvalue weighted by atomic mass is 16.4. The van der Waals surface area contributed by atoms with Crippen molar-refractivity contribution in [3.05, 3.63) is 11.6 Å². The van der Waals surface area contributed by atoms with Crippen LogP contribution < -0.4 is 0 Å². The number of unbranched alkanes of at least 4 members (excludes halogenated alkanes) is 4. The molecular formula is C24H44O4. The van der Waals surface area contributed by atoms with Crippen LogP contribution in [0.4, 0.5) is 0 Å². The maximum absolute atomic E-state index is 11.3. The minimum absolute atomic E-state index is 0.119. The standard InChI is InChI=1S/C24H44O4/c1-5-7-17-23(3,4)24(28,6-2)18-16-19-14-15-21(25)20(19)12-10-8-9-11-13-22(26)27/h16,20-21,25,28H,5-15,17-18H2,1-4H3,(H,26,27)/t20-,21-,24?/m1/s1. The van der Waals surface area contributed by atoms with Gasteiger partial charge in [-0.1, -0.05) is 71.4 Å². The first kappa shape index (κ1) is 25.2. The Morgan fingerprint density at radius 1 is 1.14 bits per heavy atom. The van der Waals surface area contributed by atoms with Crippen LogP contribution in [-0.4, -0.2) is 33.0 Å². The molecule has 1 unspecified atom stereocenters. The van der Waals surface area contributed by atoms with Gasteiger partial charge in [-0.2, -0.15) is 0 Å². The highest BCUT2D eigenvalue weighted by molar-refractivity contribution is 5.66. The highest BCUT2D eigenvalue weighted by Crippen LogP contribution is 2.43. The van der Waals surface area contributed by atoms with Gasteiger partial charge < -0.3 is 15.3 Å². The average Bonchev–Trinajstić information content (AvgIpc) is 3.00. The lowest BCUT2D eigenvalue weighted by molar-refractivity contribution is -0.137. The molecule has 4 nitrogen and oxygen atoms in total. The fourth-order valence-corrected chi connectivity index (χ4v) is 4.62. The Hall–Kier alpha value is -0.870. The van der Waals surface area contributed by atoms with Crippen molar-refractivity contribution in [3.63, 3.8) is 0 Å². The lowest BCUT2D eigenvalue weighted by Gasteiger charge is -2.42. The molecule has 0 aromatic carbocycles. The predicted molar refractivity (Wildman–Crippen MR) is 115 cm³/mol. The van der Waals surface area contributed by atoms with Crippen molar-refractivity contribution >= 4 is 5.97 Å². The molecule has 28 heavy (non-hydrogen) atoms. The van der Waals surface area contributed by atoms with Gasteiger partial charge in [-0.25, -0.2) is 0 Å². The zero-order chi connectivity index (χ0) is 21.2. The monoisotopic (exact) mass is 396 g/mol. The summed E-state index contributed by atoms with van der Waals surface area (Å²) in [5, 5.41) is 30.5. The maximum atomic E-state index is 11.3. The van der Waals surface area contributed by atoms with Gasteiger partial charge in [0, 0.05) is 12.3 Å². The van der Waals surface area contributed by atoms with E-state index in [9.17, 15) is 15.0 Å². The third-order valence-electron chi connectivity index (χ3n) is 7.03. The van der Waals surface area contributed by atoms with E-state index in [0.717, 1.165) is 70.6 Å². The Kier molecular flexibility index (Phi) is 10.8. The summed E-state index contributed by atoms with van der Waals surface area (Å²) in [5.74, 6) is -0.513. The van der Waals surface area contributed by atoms with Crippen molar-refractivity contribution in [2.24, 2.45) is 11.3 Å². The van der Waals surface area contributed by atoms with E-state index in [1.165, 1.54) is 5.57 Å². The Morgan fingerprint density at radius 3 is 2.43 bits per heavy atom. The van der Waals surface area contributed by atoms with Gasteiger partial charge in [0.15, 0.2) is 0 Å². The molecule has 0 aromatic heterocycles. The largest absolute Gasteiger partial charge is 0.481 e. The molecule has 1 fully saturated rings. The molecule has 4 heteroatoms. The second-order valence-electron chi connectivity index (χ2n) is 9.41. The second kappa shape index (κ2) is 12.0. The van der Waals surface area contributed by atoms with Crippen molar-refractivity contribution in [2.45, 2.75) is 123 Å². The van der Waals surface area contributed by atoms with E-state index >= 15 is 0 Å². The van der Waals surface area contributed by atoms with Crippen molar-refractivity contribution < 1.29 is 20.1 Å². The van der Waals surface area contributed by atoms with Crippen LogP contribution >= 0.6 is 0 Å². The summed E-state index contributed by atoms with van der Waals surface area (Å²) >= 11 is 0. The van der Waals surface area contributed by atoms with E-state index in [1.807, 2.05) is 0 Å². The first-order chi connectivity index (χ1) is 13.2. The molecule has 3 N–H and O–H groups in total. The first-order valence-corrected chi connectivity index (χ1v) is 11.5. The van der Waals surface area contributed by atoms with Crippen LogP contribution in [0.3, 0.4) is 0 Å². The second-order valence-corrected chi connectivity index (χ2v) is 9.41. The van der Waals surface area contributed by atoms with E-state index in [4.69, 9.17) is 5.11 Å². The third kappa shape index (κ3) is 7.51. The van der Waals surface area contributed by atoms with Crippen LogP contribution in [0.15, 0.2) is 11.6 Å². The zero-order valence-corrected chi connectivity index (χ0v) is 18.7. The van der Waals surface area contributed by atoms with Crippen LogP contribution in [0.2, 0.25) is 0 Å². The normalized spacial score (nSPS) is 23.9. The summed E-state index contributed by atoms with van der Waals surface area (Å²) in [6.45, 7) is 8.63. The Bertz CT molecular complexity index is 497. The number of aliphatic hydroxyl groups is 2. The summed E-state index contributed by atoms with van der Waals surface area (Å²) in [6, 6.07) is 0. The molecule has 1 rings (SSSR count). The third-order valence-corrected chi connectivity index (χ3v) is 7.03. The summed E-state index contributed by atoms with van der Waals surface area (Å²) in [6.07, 6.45) is 13.4. The van der Waals surface area contributed by atoms with Gasteiger partial charge in [0.2, 0.25) is 0 Å². The van der Waals surface area contributed by atoms with Crippen LogP contribution in [-0.2, 0) is 4.79 Å². The molecule has 0 radical (unpaired) electrons. The quantitative estimate of drug-likeness (QED) is 0.254. The predicted octanol–water partition coefficient (Wildman–Crippen LogP) is 5.86. The Balaban J connectivity index is 2.62. The van der Waals surface area contributed by atoms with E-state index in [2.05, 4.69) is 33.8 Å². The molecule has 0 heterocycles. The summed E-state index contributed by atoms with van der Waals surface area (Å²) in [7, 11) is 0. The first-order valence-electron chi connectivity index (χ1n) is 11.5. The number of carboxylic acids is 1. The number of aliphatic hydroxyl groups excluding tert-OH is 1. The van der Waals surface area contributed by atoms with Gasteiger partial charge in [0.05, 0.1) is 11.7 Å². The van der Waals surface area contributed by atoms with Gasteiger partial charge in [-0.3, -0.25) is 4.79 Å². The van der Waals surface area contributed by atoms with Gasteiger partial charge in [-0.15, -0.1) is 0 Å². The number of aliphatic carboxylic acids is 1. The number of rotatable bonds is 14. The fourth-order valence-electron chi connectivity index (χ4n) is 4.62. The van der Waals surface area contributed by atoms with Crippen LogP contribution in [0.1, 0.15) is 111 Å². The molecule has 0 saturated heterocycles. The molecule has 0 spiro atoms. The van der Waals surface area contributed by atoms with Crippen LogP contribution in [0, 0.1) is 11.3 Å². The smallest absolute Gasteiger partial charge is 0.303 e. The van der Waals surface area contributed by atoms with E-state index in [-0.39, 0.29) is 23.9 Å². The molecule has 1 aliphatic rings. The highest BCUT2D eigenvalue weighted by Gasteiger charge is 2.41. The number of hydrogen-bond donors (Lipinski definition) is 3. The van der Waals surface area contributed by atoms with Gasteiger partial charge in [-0.05, 0) is 50.4 Å². The maximum Gasteiger partial charge on any atom is 0.303 e.